The third-order valence-corrected chi connectivity index (χ3v) is 4.32. The van der Waals surface area contributed by atoms with Crippen LogP contribution >= 0.6 is 0 Å². The highest BCUT2D eigenvalue weighted by Gasteiger charge is 2.35. The van der Waals surface area contributed by atoms with Gasteiger partial charge in [0.1, 0.15) is 0 Å². The Bertz CT molecular complexity index is 342. The second kappa shape index (κ2) is 6.23. The van der Waals surface area contributed by atoms with Crippen molar-refractivity contribution in [3.05, 3.63) is 0 Å². The number of piperidine rings is 1. The monoisotopic (exact) mass is 269 g/mol. The summed E-state index contributed by atoms with van der Waals surface area (Å²) in [6.07, 6.45) is 4.22. The Morgan fingerprint density at radius 2 is 1.89 bits per heavy atom. The highest BCUT2D eigenvalue weighted by Crippen LogP contribution is 2.26. The summed E-state index contributed by atoms with van der Waals surface area (Å²) in [7, 11) is 1.80. The lowest BCUT2D eigenvalue weighted by atomic mass is 10.0. The Balaban J connectivity index is 1.87. The number of carbonyl (C=O) groups is 2. The molecule has 0 radical (unpaired) electrons. The molecule has 1 saturated carbocycles. The van der Waals surface area contributed by atoms with Crippen molar-refractivity contribution in [1.82, 2.24) is 15.5 Å². The van der Waals surface area contributed by atoms with Crippen LogP contribution in [0.3, 0.4) is 0 Å². The van der Waals surface area contributed by atoms with E-state index < -0.39 is 11.9 Å². The van der Waals surface area contributed by atoms with Gasteiger partial charge in [-0.2, -0.15) is 0 Å². The summed E-state index contributed by atoms with van der Waals surface area (Å²) in [6, 6.07) is -0.0925. The van der Waals surface area contributed by atoms with Crippen LogP contribution in [-0.2, 0) is 4.79 Å². The molecule has 6 heteroatoms. The number of nitrogens with zero attached hydrogens (tertiary/aromatic N) is 1. The van der Waals surface area contributed by atoms with Gasteiger partial charge in [0.05, 0.1) is 5.92 Å². The molecule has 0 bridgehead atoms. The maximum atomic E-state index is 12.2. The number of hydrogen-bond donors (Lipinski definition) is 3. The van der Waals surface area contributed by atoms with Crippen molar-refractivity contribution in [2.75, 3.05) is 20.1 Å². The van der Waals surface area contributed by atoms with Crippen molar-refractivity contribution >= 4 is 12.0 Å². The van der Waals surface area contributed by atoms with E-state index in [0.29, 0.717) is 6.42 Å². The van der Waals surface area contributed by atoms with E-state index >= 15 is 0 Å². The first-order chi connectivity index (χ1) is 9.09. The summed E-state index contributed by atoms with van der Waals surface area (Å²) in [5.74, 6) is -1.22. The lowest BCUT2D eigenvalue weighted by molar-refractivity contribution is -0.142. The summed E-state index contributed by atoms with van der Waals surface area (Å²) in [6.45, 7) is 1.87. The first kappa shape index (κ1) is 14.1. The fourth-order valence-corrected chi connectivity index (χ4v) is 3.05. The topological polar surface area (TPSA) is 81.7 Å². The fourth-order valence-electron chi connectivity index (χ4n) is 3.05. The summed E-state index contributed by atoms with van der Waals surface area (Å²) >= 11 is 0. The van der Waals surface area contributed by atoms with E-state index in [1.165, 1.54) is 0 Å². The number of rotatable bonds is 3. The van der Waals surface area contributed by atoms with Crippen molar-refractivity contribution in [2.45, 2.75) is 44.2 Å². The zero-order chi connectivity index (χ0) is 13.8. The van der Waals surface area contributed by atoms with Crippen LogP contribution in [0.5, 0.6) is 0 Å². The Kier molecular flexibility index (Phi) is 4.63. The average molecular weight is 269 g/mol. The van der Waals surface area contributed by atoms with Gasteiger partial charge in [0.2, 0.25) is 0 Å². The lowest BCUT2D eigenvalue weighted by Crippen LogP contribution is -2.51. The standard InChI is InChI=1S/C13H23N3O3/c1-16(9-5-7-14-8-6-9)13(19)15-11-4-2-3-10(11)12(17)18/h9-11,14H,2-8H2,1H3,(H,15,19)(H,17,18). The van der Waals surface area contributed by atoms with E-state index in [4.69, 9.17) is 5.11 Å². The largest absolute Gasteiger partial charge is 0.481 e. The van der Waals surface area contributed by atoms with Crippen LogP contribution in [0.15, 0.2) is 0 Å². The first-order valence-electron chi connectivity index (χ1n) is 7.06. The minimum absolute atomic E-state index is 0.134. The van der Waals surface area contributed by atoms with Gasteiger partial charge >= 0.3 is 12.0 Å². The number of aliphatic carboxylic acids is 1. The molecule has 2 fully saturated rings. The van der Waals surface area contributed by atoms with Crippen molar-refractivity contribution < 1.29 is 14.7 Å². The van der Waals surface area contributed by atoms with Crippen molar-refractivity contribution in [2.24, 2.45) is 5.92 Å². The van der Waals surface area contributed by atoms with Crippen LogP contribution in [0.4, 0.5) is 4.79 Å². The van der Waals surface area contributed by atoms with Gasteiger partial charge in [0.25, 0.3) is 0 Å². The van der Waals surface area contributed by atoms with Crippen molar-refractivity contribution in [3.63, 3.8) is 0 Å². The Hall–Kier alpha value is -1.30. The molecule has 108 valence electrons. The molecule has 0 aromatic carbocycles. The average Bonchev–Trinajstić information content (AvgIpc) is 2.87. The van der Waals surface area contributed by atoms with Gasteiger partial charge in [-0.1, -0.05) is 6.42 Å². The van der Waals surface area contributed by atoms with Gasteiger partial charge in [-0.05, 0) is 38.8 Å². The third-order valence-electron chi connectivity index (χ3n) is 4.32. The number of carboxylic acids is 1. The predicted molar refractivity (Wildman–Crippen MR) is 71.0 cm³/mol. The van der Waals surface area contributed by atoms with Crippen molar-refractivity contribution in [3.8, 4) is 0 Å². The smallest absolute Gasteiger partial charge is 0.317 e. The molecular weight excluding hydrogens is 246 g/mol. The fraction of sp³-hybridized carbons (Fsp3) is 0.846. The summed E-state index contributed by atoms with van der Waals surface area (Å²) in [5.41, 5.74) is 0. The van der Waals surface area contributed by atoms with Crippen LogP contribution in [0.1, 0.15) is 32.1 Å². The third kappa shape index (κ3) is 3.37. The van der Waals surface area contributed by atoms with Gasteiger partial charge in [0.15, 0.2) is 0 Å². The molecular formula is C13H23N3O3. The number of nitrogens with one attached hydrogen (secondary N) is 2. The first-order valence-corrected chi connectivity index (χ1v) is 7.06. The van der Waals surface area contributed by atoms with Gasteiger partial charge in [-0.25, -0.2) is 4.79 Å². The van der Waals surface area contributed by atoms with Crippen LogP contribution < -0.4 is 10.6 Å². The molecule has 3 N–H and O–H groups in total. The summed E-state index contributed by atoms with van der Waals surface area (Å²) < 4.78 is 0. The SMILES string of the molecule is CN(C(=O)NC1CCCC1C(=O)O)C1CCNCC1. The number of urea groups is 1. The normalized spacial score (nSPS) is 28.1. The maximum absolute atomic E-state index is 12.2. The van der Waals surface area contributed by atoms with Crippen LogP contribution in [-0.4, -0.2) is 54.2 Å². The highest BCUT2D eigenvalue weighted by molar-refractivity contribution is 5.77. The number of amides is 2. The minimum Gasteiger partial charge on any atom is -0.481 e. The second-order valence-corrected chi connectivity index (χ2v) is 5.52. The van der Waals surface area contributed by atoms with Gasteiger partial charge < -0.3 is 20.6 Å². The van der Waals surface area contributed by atoms with Gasteiger partial charge in [-0.15, -0.1) is 0 Å². The van der Waals surface area contributed by atoms with E-state index in [2.05, 4.69) is 10.6 Å². The molecule has 1 heterocycles. The van der Waals surface area contributed by atoms with E-state index in [1.54, 1.807) is 11.9 Å². The highest BCUT2D eigenvalue weighted by atomic mass is 16.4. The molecule has 1 aliphatic carbocycles. The van der Waals surface area contributed by atoms with Crippen LogP contribution in [0, 0.1) is 5.92 Å². The zero-order valence-electron chi connectivity index (χ0n) is 11.4. The Morgan fingerprint density at radius 1 is 1.21 bits per heavy atom. The number of carboxylic acid groups (broad SMARTS) is 1. The molecule has 2 unspecified atom stereocenters. The molecule has 6 nitrogen and oxygen atoms in total. The second-order valence-electron chi connectivity index (χ2n) is 5.52. The molecule has 0 spiro atoms. The molecule has 2 atom stereocenters. The van der Waals surface area contributed by atoms with E-state index in [0.717, 1.165) is 38.8 Å². The molecule has 2 rings (SSSR count). The molecule has 0 aromatic heterocycles. The molecule has 2 amide bonds. The molecule has 1 saturated heterocycles. The van der Waals surface area contributed by atoms with Crippen LogP contribution in [0.2, 0.25) is 0 Å². The van der Waals surface area contributed by atoms with Crippen LogP contribution in [0.25, 0.3) is 0 Å². The number of hydrogen-bond acceptors (Lipinski definition) is 3. The van der Waals surface area contributed by atoms with E-state index in [9.17, 15) is 9.59 Å². The van der Waals surface area contributed by atoms with Gasteiger partial charge in [-0.3, -0.25) is 4.79 Å². The minimum atomic E-state index is -0.799. The van der Waals surface area contributed by atoms with Crippen molar-refractivity contribution in [1.29, 1.82) is 0 Å². The van der Waals surface area contributed by atoms with Gasteiger partial charge in [0, 0.05) is 19.1 Å². The van der Waals surface area contributed by atoms with E-state index in [-0.39, 0.29) is 18.1 Å². The predicted octanol–water partition coefficient (Wildman–Crippen LogP) is 0.633. The molecule has 0 aromatic rings. The summed E-state index contributed by atoms with van der Waals surface area (Å²) in [5, 5.41) is 15.3. The Morgan fingerprint density at radius 3 is 2.53 bits per heavy atom. The maximum Gasteiger partial charge on any atom is 0.317 e. The Labute approximate surface area is 113 Å². The summed E-state index contributed by atoms with van der Waals surface area (Å²) in [4.78, 5) is 25.0. The molecule has 19 heavy (non-hydrogen) atoms. The van der Waals surface area contributed by atoms with E-state index in [1.807, 2.05) is 0 Å². The zero-order valence-corrected chi connectivity index (χ0v) is 11.4. The molecule has 1 aliphatic heterocycles. The molecule has 2 aliphatic rings. The quantitative estimate of drug-likeness (QED) is 0.702. The number of carbonyl (C=O) groups excluding carboxylic acids is 1. The lowest BCUT2D eigenvalue weighted by Gasteiger charge is -2.33.